The maximum Gasteiger partial charge on any atom is 0.241 e. The second-order valence-corrected chi connectivity index (χ2v) is 9.74. The van der Waals surface area contributed by atoms with Gasteiger partial charge in [-0.3, -0.25) is 9.48 Å². The standard InChI is InChI=1S/C20H30BrN3O/c1-4-17(20-8-14-5-15(9-20)7-16(6-14)10-20)22-18(25)11-24-13(3)19(21)12(2)23-24/h14-17H,4-11H2,1-3H3,(H,22,25). The predicted molar refractivity (Wildman–Crippen MR) is 102 cm³/mol. The maximum atomic E-state index is 12.8. The van der Waals surface area contributed by atoms with Crippen LogP contribution < -0.4 is 5.32 Å². The highest BCUT2D eigenvalue weighted by Crippen LogP contribution is 2.61. The third kappa shape index (κ3) is 3.07. The van der Waals surface area contributed by atoms with Crippen molar-refractivity contribution in [1.82, 2.24) is 15.1 Å². The molecule has 4 bridgehead atoms. The van der Waals surface area contributed by atoms with E-state index in [1.165, 1.54) is 38.5 Å². The Bertz CT molecular complexity index is 645. The Kier molecular flexibility index (Phi) is 4.50. The van der Waals surface area contributed by atoms with Crippen LogP contribution in [0.5, 0.6) is 0 Å². The van der Waals surface area contributed by atoms with Gasteiger partial charge in [-0.15, -0.1) is 0 Å². The summed E-state index contributed by atoms with van der Waals surface area (Å²) >= 11 is 3.55. The number of halogens is 1. The van der Waals surface area contributed by atoms with Gasteiger partial charge in [-0.1, -0.05) is 6.92 Å². The molecule has 5 rings (SSSR count). The van der Waals surface area contributed by atoms with Gasteiger partial charge in [0.1, 0.15) is 6.54 Å². The van der Waals surface area contributed by atoms with E-state index in [2.05, 4.69) is 33.3 Å². The predicted octanol–water partition coefficient (Wildman–Crippen LogP) is 4.37. The fourth-order valence-corrected chi connectivity index (χ4v) is 6.78. The topological polar surface area (TPSA) is 46.9 Å². The molecule has 4 saturated carbocycles. The normalized spacial score (nSPS) is 34.3. The Morgan fingerprint density at radius 3 is 2.24 bits per heavy atom. The molecule has 0 aromatic carbocycles. The quantitative estimate of drug-likeness (QED) is 0.786. The van der Waals surface area contributed by atoms with Gasteiger partial charge in [0, 0.05) is 6.04 Å². The first-order valence-electron chi connectivity index (χ1n) is 9.89. The van der Waals surface area contributed by atoms with Crippen LogP contribution >= 0.6 is 15.9 Å². The molecule has 25 heavy (non-hydrogen) atoms. The first kappa shape index (κ1) is 17.6. The number of carbonyl (C=O) groups is 1. The average molecular weight is 408 g/mol. The van der Waals surface area contributed by atoms with Crippen molar-refractivity contribution >= 4 is 21.8 Å². The summed E-state index contributed by atoms with van der Waals surface area (Å²) < 4.78 is 2.83. The van der Waals surface area contributed by atoms with E-state index in [4.69, 9.17) is 0 Å². The summed E-state index contributed by atoms with van der Waals surface area (Å²) in [5.41, 5.74) is 2.34. The number of aryl methyl sites for hydroxylation is 1. The summed E-state index contributed by atoms with van der Waals surface area (Å²) in [6.07, 6.45) is 9.39. The van der Waals surface area contributed by atoms with E-state index in [0.717, 1.165) is 40.0 Å². The fraction of sp³-hybridized carbons (Fsp3) is 0.800. The highest BCUT2D eigenvalue weighted by Gasteiger charge is 2.53. The molecule has 0 spiro atoms. The lowest BCUT2D eigenvalue weighted by Gasteiger charge is -2.59. The smallest absolute Gasteiger partial charge is 0.241 e. The molecule has 0 aliphatic heterocycles. The zero-order chi connectivity index (χ0) is 17.8. The molecule has 1 heterocycles. The van der Waals surface area contributed by atoms with Crippen molar-refractivity contribution in [3.8, 4) is 0 Å². The molecular formula is C20H30BrN3O. The Morgan fingerprint density at radius 2 is 1.80 bits per heavy atom. The van der Waals surface area contributed by atoms with Crippen molar-refractivity contribution in [2.24, 2.45) is 23.2 Å². The minimum atomic E-state index is 0.112. The van der Waals surface area contributed by atoms with Crippen LogP contribution in [0.2, 0.25) is 0 Å². The Balaban J connectivity index is 1.47. The molecule has 1 aromatic rings. The Hall–Kier alpha value is -0.840. The number of nitrogens with one attached hydrogen (secondary N) is 1. The second-order valence-electron chi connectivity index (χ2n) is 8.95. The van der Waals surface area contributed by atoms with Gasteiger partial charge in [0.25, 0.3) is 0 Å². The van der Waals surface area contributed by atoms with Crippen LogP contribution in [0.1, 0.15) is 63.3 Å². The fourth-order valence-electron chi connectivity index (χ4n) is 6.50. The minimum absolute atomic E-state index is 0.112. The third-order valence-electron chi connectivity index (χ3n) is 7.15. The van der Waals surface area contributed by atoms with E-state index >= 15 is 0 Å². The van der Waals surface area contributed by atoms with E-state index < -0.39 is 0 Å². The zero-order valence-electron chi connectivity index (χ0n) is 15.6. The third-order valence-corrected chi connectivity index (χ3v) is 8.30. The summed E-state index contributed by atoms with van der Waals surface area (Å²) in [5, 5.41) is 7.90. The lowest BCUT2D eigenvalue weighted by atomic mass is 9.47. The molecular weight excluding hydrogens is 378 g/mol. The lowest BCUT2D eigenvalue weighted by molar-refractivity contribution is -0.127. The summed E-state index contributed by atoms with van der Waals surface area (Å²) in [6.45, 7) is 6.54. The van der Waals surface area contributed by atoms with Gasteiger partial charge in [0.2, 0.25) is 5.91 Å². The lowest BCUT2D eigenvalue weighted by Crippen LogP contribution is -2.57. The monoisotopic (exact) mass is 407 g/mol. The Morgan fingerprint density at radius 1 is 1.24 bits per heavy atom. The number of amides is 1. The van der Waals surface area contributed by atoms with Gasteiger partial charge >= 0.3 is 0 Å². The largest absolute Gasteiger partial charge is 0.351 e. The van der Waals surface area contributed by atoms with Crippen LogP contribution in [0.15, 0.2) is 4.47 Å². The van der Waals surface area contributed by atoms with Crippen LogP contribution in [0.3, 0.4) is 0 Å². The van der Waals surface area contributed by atoms with Gasteiger partial charge in [-0.2, -0.15) is 5.10 Å². The molecule has 5 heteroatoms. The van der Waals surface area contributed by atoms with Crippen molar-refractivity contribution < 1.29 is 4.79 Å². The number of rotatable bonds is 5. The van der Waals surface area contributed by atoms with Gasteiger partial charge < -0.3 is 5.32 Å². The molecule has 4 aliphatic rings. The van der Waals surface area contributed by atoms with E-state index in [1.54, 1.807) is 0 Å². The molecule has 1 amide bonds. The second kappa shape index (κ2) is 6.40. The summed E-state index contributed by atoms with van der Waals surface area (Å²) in [7, 11) is 0. The zero-order valence-corrected chi connectivity index (χ0v) is 17.2. The van der Waals surface area contributed by atoms with Crippen molar-refractivity contribution in [3.63, 3.8) is 0 Å². The van der Waals surface area contributed by atoms with Crippen molar-refractivity contribution in [2.75, 3.05) is 0 Å². The molecule has 0 radical (unpaired) electrons. The van der Waals surface area contributed by atoms with Crippen LogP contribution in [0.4, 0.5) is 0 Å². The highest BCUT2D eigenvalue weighted by atomic mass is 79.9. The molecule has 4 fully saturated rings. The summed E-state index contributed by atoms with van der Waals surface area (Å²) in [5.74, 6) is 2.87. The number of aromatic nitrogens is 2. The minimum Gasteiger partial charge on any atom is -0.351 e. The van der Waals surface area contributed by atoms with E-state index in [9.17, 15) is 4.79 Å². The number of hydrogen-bond acceptors (Lipinski definition) is 2. The van der Waals surface area contributed by atoms with E-state index in [-0.39, 0.29) is 5.91 Å². The summed E-state index contributed by atoms with van der Waals surface area (Å²) in [6, 6.07) is 0.328. The number of carbonyl (C=O) groups excluding carboxylic acids is 1. The molecule has 4 nitrogen and oxygen atoms in total. The van der Waals surface area contributed by atoms with E-state index in [1.807, 2.05) is 18.5 Å². The number of hydrogen-bond donors (Lipinski definition) is 1. The molecule has 1 aromatic heterocycles. The average Bonchev–Trinajstić information content (AvgIpc) is 2.78. The Labute approximate surface area is 159 Å². The van der Waals surface area contributed by atoms with Gasteiger partial charge in [0.15, 0.2) is 0 Å². The van der Waals surface area contributed by atoms with Crippen LogP contribution in [-0.4, -0.2) is 21.7 Å². The molecule has 1 atom stereocenters. The van der Waals surface area contributed by atoms with Crippen molar-refractivity contribution in [1.29, 1.82) is 0 Å². The van der Waals surface area contributed by atoms with Gasteiger partial charge in [-0.05, 0) is 97.9 Å². The first-order chi connectivity index (χ1) is 11.9. The first-order valence-corrected chi connectivity index (χ1v) is 10.7. The van der Waals surface area contributed by atoms with E-state index in [0.29, 0.717) is 18.0 Å². The van der Waals surface area contributed by atoms with Crippen LogP contribution in [0.25, 0.3) is 0 Å². The van der Waals surface area contributed by atoms with Crippen LogP contribution in [0, 0.1) is 37.0 Å². The summed E-state index contributed by atoms with van der Waals surface area (Å²) in [4.78, 5) is 12.8. The van der Waals surface area contributed by atoms with Gasteiger partial charge in [-0.25, -0.2) is 0 Å². The molecule has 138 valence electrons. The number of nitrogens with zero attached hydrogens (tertiary/aromatic N) is 2. The maximum absolute atomic E-state index is 12.8. The van der Waals surface area contributed by atoms with Crippen molar-refractivity contribution in [3.05, 3.63) is 15.9 Å². The highest BCUT2D eigenvalue weighted by molar-refractivity contribution is 9.10. The van der Waals surface area contributed by atoms with Crippen LogP contribution in [-0.2, 0) is 11.3 Å². The molecule has 1 unspecified atom stereocenters. The van der Waals surface area contributed by atoms with Gasteiger partial charge in [0.05, 0.1) is 15.9 Å². The molecule has 4 aliphatic carbocycles. The molecule has 0 saturated heterocycles. The SMILES string of the molecule is CCC(NC(=O)Cn1nc(C)c(Br)c1C)C12CC3CC(CC(C3)C1)C2. The van der Waals surface area contributed by atoms with Crippen molar-refractivity contribution in [2.45, 2.75) is 78.3 Å². The molecule has 1 N–H and O–H groups in total.